The summed E-state index contributed by atoms with van der Waals surface area (Å²) in [6, 6.07) is -0.647. The summed E-state index contributed by atoms with van der Waals surface area (Å²) >= 11 is 0. The van der Waals surface area contributed by atoms with Crippen molar-refractivity contribution in [3.63, 3.8) is 0 Å². The van der Waals surface area contributed by atoms with E-state index in [9.17, 15) is 15.0 Å². The van der Waals surface area contributed by atoms with Crippen LogP contribution in [0.1, 0.15) is 251 Å². The van der Waals surface area contributed by atoms with E-state index >= 15 is 0 Å². The number of hydrogen-bond acceptors (Lipinski definition) is 3. The minimum Gasteiger partial charge on any atom is -0.394 e. The number of carbonyl (C=O) groups excluding carboxylic acids is 1. The summed E-state index contributed by atoms with van der Waals surface area (Å²) in [6.45, 7) is 4.17. The predicted octanol–water partition coefficient (Wildman–Crippen LogP) is 17.2. The molecule has 0 aliphatic rings. The minimum atomic E-state index is -0.872. The molecule has 0 saturated heterocycles. The summed E-state index contributed by atoms with van der Waals surface area (Å²) in [7, 11) is 0. The van der Waals surface area contributed by atoms with Gasteiger partial charge in [-0.05, 0) is 83.5 Å². The molecule has 0 aliphatic carbocycles. The van der Waals surface area contributed by atoms with Gasteiger partial charge in [-0.2, -0.15) is 0 Å². The first-order chi connectivity index (χ1) is 30.2. The summed E-state index contributed by atoms with van der Waals surface area (Å²) in [5.41, 5.74) is 0. The molecule has 0 fully saturated rings. The third-order valence-electron chi connectivity index (χ3n) is 11.6. The molecule has 0 aromatic heterocycles. The van der Waals surface area contributed by atoms with Gasteiger partial charge in [-0.1, -0.05) is 247 Å². The Morgan fingerprint density at radius 1 is 0.410 bits per heavy atom. The lowest BCUT2D eigenvalue weighted by molar-refractivity contribution is -0.123. The van der Waals surface area contributed by atoms with Gasteiger partial charge in [0, 0.05) is 6.42 Å². The SMILES string of the molecule is CC/C=C\C/C=C\C/C=C\C/C=C\CCCCCCCCCCCCCCCCCCCCCCC(=O)NC(CO)C(O)/C=C/CC/C=C/CC/C=C/CCCCCCCC. The van der Waals surface area contributed by atoms with Gasteiger partial charge < -0.3 is 15.5 Å². The summed E-state index contributed by atoms with van der Waals surface area (Å²) < 4.78 is 0. The zero-order chi connectivity index (χ0) is 44.2. The monoisotopic (exact) mass is 848 g/mol. The number of hydrogen-bond donors (Lipinski definition) is 3. The zero-order valence-electron chi connectivity index (χ0n) is 40.4. The molecule has 0 spiro atoms. The Balaban J connectivity index is 3.51. The average molecular weight is 848 g/mol. The van der Waals surface area contributed by atoms with Crippen LogP contribution in [0.2, 0.25) is 0 Å². The molecule has 0 aromatic carbocycles. The van der Waals surface area contributed by atoms with Gasteiger partial charge >= 0.3 is 0 Å². The molecular formula is C57H101NO3. The highest BCUT2D eigenvalue weighted by molar-refractivity contribution is 5.76. The number of aliphatic hydroxyl groups excluding tert-OH is 2. The molecule has 1 amide bonds. The summed E-state index contributed by atoms with van der Waals surface area (Å²) in [6.07, 6.45) is 75.9. The Bertz CT molecular complexity index is 1100. The van der Waals surface area contributed by atoms with Crippen LogP contribution in [-0.2, 0) is 4.79 Å². The van der Waals surface area contributed by atoms with E-state index in [-0.39, 0.29) is 12.5 Å². The molecule has 4 nitrogen and oxygen atoms in total. The molecule has 2 atom stereocenters. The van der Waals surface area contributed by atoms with E-state index in [4.69, 9.17) is 0 Å². The number of unbranched alkanes of at least 4 members (excludes halogenated alkanes) is 28. The largest absolute Gasteiger partial charge is 0.394 e. The van der Waals surface area contributed by atoms with E-state index in [2.05, 4.69) is 92.1 Å². The highest BCUT2D eigenvalue weighted by Gasteiger charge is 2.17. The lowest BCUT2D eigenvalue weighted by Gasteiger charge is -2.19. The van der Waals surface area contributed by atoms with Crippen LogP contribution in [0.5, 0.6) is 0 Å². The Morgan fingerprint density at radius 2 is 0.738 bits per heavy atom. The van der Waals surface area contributed by atoms with Crippen LogP contribution in [0.3, 0.4) is 0 Å². The van der Waals surface area contributed by atoms with E-state index in [1.807, 2.05) is 6.08 Å². The minimum absolute atomic E-state index is 0.0779. The van der Waals surface area contributed by atoms with Crippen LogP contribution >= 0.6 is 0 Å². The van der Waals surface area contributed by atoms with Crippen LogP contribution in [0.4, 0.5) is 0 Å². The van der Waals surface area contributed by atoms with Gasteiger partial charge in [0.05, 0.1) is 18.8 Å². The van der Waals surface area contributed by atoms with Crippen LogP contribution in [-0.4, -0.2) is 34.9 Å². The molecule has 61 heavy (non-hydrogen) atoms. The second kappa shape index (κ2) is 51.9. The lowest BCUT2D eigenvalue weighted by Crippen LogP contribution is -2.45. The van der Waals surface area contributed by atoms with Crippen molar-refractivity contribution in [3.05, 3.63) is 85.1 Å². The molecule has 0 heterocycles. The van der Waals surface area contributed by atoms with Gasteiger partial charge in [-0.15, -0.1) is 0 Å². The number of amides is 1. The van der Waals surface area contributed by atoms with Crippen LogP contribution in [0, 0.1) is 0 Å². The molecule has 0 aliphatic heterocycles. The van der Waals surface area contributed by atoms with Crippen molar-refractivity contribution in [2.45, 2.75) is 264 Å². The van der Waals surface area contributed by atoms with Crippen LogP contribution < -0.4 is 5.32 Å². The Hall–Kier alpha value is -2.43. The molecule has 0 bridgehead atoms. The zero-order valence-corrected chi connectivity index (χ0v) is 40.4. The maximum absolute atomic E-state index is 12.4. The molecule has 2 unspecified atom stereocenters. The predicted molar refractivity (Wildman–Crippen MR) is 271 cm³/mol. The number of rotatable bonds is 47. The molecule has 0 radical (unpaired) electrons. The quantitative estimate of drug-likeness (QED) is 0.0422. The standard InChI is InChI=1S/C57H101NO3/c1-3-5-7-9-11-13-15-17-19-21-22-23-24-25-26-27-28-29-30-31-32-33-34-35-36-37-39-41-43-45-47-49-51-53-57(61)58-55(54-59)56(60)52-50-48-46-44-42-40-38-20-18-16-14-12-10-8-6-4-2/h5,7,11,13,17-20,22-23,42,44,50,52,55-56,59-60H,3-4,6,8-10,12,14-16,21,24-41,43,45-49,51,53-54H2,1-2H3,(H,58,61)/b7-5-,13-11-,19-17-,20-18+,23-22-,44-42+,52-50+. The maximum Gasteiger partial charge on any atom is 0.220 e. The van der Waals surface area contributed by atoms with Crippen molar-refractivity contribution in [2.75, 3.05) is 6.61 Å². The number of aliphatic hydroxyl groups is 2. The third kappa shape index (κ3) is 48.5. The van der Waals surface area contributed by atoms with Gasteiger partial charge in [0.1, 0.15) is 0 Å². The summed E-state index contributed by atoms with van der Waals surface area (Å²) in [4.78, 5) is 12.4. The Kier molecular flexibility index (Phi) is 49.8. The Morgan fingerprint density at radius 3 is 1.15 bits per heavy atom. The fourth-order valence-corrected chi connectivity index (χ4v) is 7.61. The van der Waals surface area contributed by atoms with Crippen molar-refractivity contribution >= 4 is 5.91 Å². The average Bonchev–Trinajstić information content (AvgIpc) is 3.26. The molecule has 0 rings (SSSR count). The smallest absolute Gasteiger partial charge is 0.220 e. The fraction of sp³-hybridized carbons (Fsp3) is 0.737. The van der Waals surface area contributed by atoms with Gasteiger partial charge in [0.2, 0.25) is 5.91 Å². The van der Waals surface area contributed by atoms with E-state index in [1.54, 1.807) is 6.08 Å². The number of allylic oxidation sites excluding steroid dienone is 13. The number of carbonyl (C=O) groups is 1. The molecular weight excluding hydrogens is 747 g/mol. The molecule has 352 valence electrons. The topological polar surface area (TPSA) is 69.6 Å². The highest BCUT2D eigenvalue weighted by atomic mass is 16.3. The number of nitrogens with one attached hydrogen (secondary N) is 1. The summed E-state index contributed by atoms with van der Waals surface area (Å²) in [5.74, 6) is -0.0779. The van der Waals surface area contributed by atoms with Gasteiger partial charge in [-0.3, -0.25) is 4.79 Å². The van der Waals surface area contributed by atoms with E-state index in [1.165, 1.54) is 167 Å². The first kappa shape index (κ1) is 58.6. The van der Waals surface area contributed by atoms with Crippen molar-refractivity contribution in [3.8, 4) is 0 Å². The molecule has 3 N–H and O–H groups in total. The lowest BCUT2D eigenvalue weighted by atomic mass is 10.0. The van der Waals surface area contributed by atoms with Crippen LogP contribution in [0.25, 0.3) is 0 Å². The first-order valence-electron chi connectivity index (χ1n) is 26.3. The van der Waals surface area contributed by atoms with E-state index in [0.29, 0.717) is 6.42 Å². The molecule has 0 aromatic rings. The van der Waals surface area contributed by atoms with Gasteiger partial charge in [0.15, 0.2) is 0 Å². The van der Waals surface area contributed by atoms with Gasteiger partial charge in [-0.25, -0.2) is 0 Å². The maximum atomic E-state index is 12.4. The first-order valence-corrected chi connectivity index (χ1v) is 26.3. The van der Waals surface area contributed by atoms with Crippen molar-refractivity contribution in [1.82, 2.24) is 5.32 Å². The Labute approximate surface area is 380 Å². The second-order valence-corrected chi connectivity index (χ2v) is 17.5. The van der Waals surface area contributed by atoms with E-state index in [0.717, 1.165) is 64.2 Å². The third-order valence-corrected chi connectivity index (χ3v) is 11.6. The molecule has 0 saturated carbocycles. The van der Waals surface area contributed by atoms with E-state index < -0.39 is 12.1 Å². The normalized spacial score (nSPS) is 13.6. The molecule has 4 heteroatoms. The second-order valence-electron chi connectivity index (χ2n) is 17.5. The van der Waals surface area contributed by atoms with Gasteiger partial charge in [0.25, 0.3) is 0 Å². The summed E-state index contributed by atoms with van der Waals surface area (Å²) in [5, 5.41) is 23.1. The van der Waals surface area contributed by atoms with Crippen molar-refractivity contribution in [1.29, 1.82) is 0 Å². The fourth-order valence-electron chi connectivity index (χ4n) is 7.61. The van der Waals surface area contributed by atoms with Crippen molar-refractivity contribution < 1.29 is 15.0 Å². The van der Waals surface area contributed by atoms with Crippen LogP contribution in [0.15, 0.2) is 85.1 Å². The highest BCUT2D eigenvalue weighted by Crippen LogP contribution is 2.16. The van der Waals surface area contributed by atoms with Crippen molar-refractivity contribution in [2.24, 2.45) is 0 Å².